The lowest BCUT2D eigenvalue weighted by Gasteiger charge is -2.22. The average Bonchev–Trinajstić information content (AvgIpc) is 2.65. The number of benzene rings is 2. The molecule has 1 unspecified atom stereocenters. The van der Waals surface area contributed by atoms with E-state index in [2.05, 4.69) is 23.1 Å². The highest BCUT2D eigenvalue weighted by Gasteiger charge is 2.22. The lowest BCUT2D eigenvalue weighted by atomic mass is 10.0. The van der Waals surface area contributed by atoms with Gasteiger partial charge in [0, 0.05) is 16.7 Å². The second-order valence-electron chi connectivity index (χ2n) is 7.68. The highest BCUT2D eigenvalue weighted by atomic mass is 16.6. The van der Waals surface area contributed by atoms with E-state index in [9.17, 15) is 9.59 Å². The van der Waals surface area contributed by atoms with Gasteiger partial charge in [-0.3, -0.25) is 4.79 Å². The third-order valence-corrected chi connectivity index (χ3v) is 3.98. The number of terminal acetylenes is 1. The van der Waals surface area contributed by atoms with Gasteiger partial charge in [-0.05, 0) is 76.1 Å². The van der Waals surface area contributed by atoms with Gasteiger partial charge in [0.1, 0.15) is 5.60 Å². The Labute approximate surface area is 172 Å². The normalized spacial score (nSPS) is 11.4. The molecule has 4 nitrogen and oxygen atoms in total. The first kappa shape index (κ1) is 21.8. The van der Waals surface area contributed by atoms with Gasteiger partial charge in [0.15, 0.2) is 5.78 Å². The van der Waals surface area contributed by atoms with E-state index >= 15 is 0 Å². The predicted octanol–water partition coefficient (Wildman–Crippen LogP) is 4.09. The summed E-state index contributed by atoms with van der Waals surface area (Å²) in [6, 6.07) is 14.4. The fraction of sp³-hybridized carbons (Fsp3) is 0.280. The minimum atomic E-state index is -0.642. The predicted molar refractivity (Wildman–Crippen MR) is 114 cm³/mol. The Morgan fingerprint density at radius 2 is 1.45 bits per heavy atom. The van der Waals surface area contributed by atoms with E-state index in [-0.39, 0.29) is 5.78 Å². The molecule has 0 radical (unpaired) electrons. The molecule has 0 aliphatic carbocycles. The Kier molecular flexibility index (Phi) is 7.23. The molecule has 0 saturated carbocycles. The molecule has 0 fully saturated rings. The number of carbonyl (C=O) groups is 2. The van der Waals surface area contributed by atoms with Crippen molar-refractivity contribution in [2.75, 3.05) is 0 Å². The molecule has 0 heterocycles. The molecule has 2 rings (SSSR count). The third-order valence-electron chi connectivity index (χ3n) is 3.98. The number of ether oxygens (including phenoxy) is 1. The molecule has 1 amide bonds. The minimum Gasteiger partial charge on any atom is -0.444 e. The summed E-state index contributed by atoms with van der Waals surface area (Å²) in [6.45, 7) is 6.78. The Hall–Kier alpha value is -3.50. The molecule has 0 saturated heterocycles. The quantitative estimate of drug-likeness (QED) is 0.804. The molecular weight excluding hydrogens is 362 g/mol. The van der Waals surface area contributed by atoms with Crippen LogP contribution in [-0.2, 0) is 16.0 Å². The Morgan fingerprint density at radius 1 is 0.966 bits per heavy atom. The third kappa shape index (κ3) is 7.56. The van der Waals surface area contributed by atoms with Crippen LogP contribution in [0.5, 0.6) is 0 Å². The van der Waals surface area contributed by atoms with Crippen molar-refractivity contribution in [3.8, 4) is 24.2 Å². The second kappa shape index (κ2) is 9.62. The summed E-state index contributed by atoms with van der Waals surface area (Å²) in [7, 11) is 0. The van der Waals surface area contributed by atoms with Crippen LogP contribution in [0.1, 0.15) is 49.9 Å². The van der Waals surface area contributed by atoms with Crippen LogP contribution in [0.4, 0.5) is 4.79 Å². The van der Waals surface area contributed by atoms with Crippen molar-refractivity contribution >= 4 is 11.9 Å². The molecule has 4 heteroatoms. The van der Waals surface area contributed by atoms with E-state index in [0.29, 0.717) is 6.42 Å². The summed E-state index contributed by atoms with van der Waals surface area (Å²) in [5, 5.41) is 2.64. The van der Waals surface area contributed by atoms with Crippen LogP contribution in [0.3, 0.4) is 0 Å². The van der Waals surface area contributed by atoms with Crippen molar-refractivity contribution in [2.45, 2.75) is 45.8 Å². The van der Waals surface area contributed by atoms with Crippen molar-refractivity contribution < 1.29 is 14.3 Å². The van der Waals surface area contributed by atoms with Gasteiger partial charge in [-0.25, -0.2) is 4.79 Å². The van der Waals surface area contributed by atoms with Gasteiger partial charge in [0.05, 0.1) is 6.04 Å². The lowest BCUT2D eigenvalue weighted by molar-refractivity contribution is -0.119. The van der Waals surface area contributed by atoms with Crippen LogP contribution in [0, 0.1) is 24.2 Å². The zero-order chi connectivity index (χ0) is 21.4. The molecular formula is C25H25NO3. The number of carbonyl (C=O) groups excluding carboxylic acids is 2. The van der Waals surface area contributed by atoms with Crippen LogP contribution < -0.4 is 5.32 Å². The van der Waals surface area contributed by atoms with Crippen molar-refractivity contribution in [3.05, 3.63) is 70.8 Å². The number of alkyl carbamates (subject to hydrolysis) is 1. The second-order valence-corrected chi connectivity index (χ2v) is 7.68. The monoisotopic (exact) mass is 387 g/mol. The SMILES string of the molecule is C#Cc1ccc(C#Cc2ccc(CC(NC(=O)OC(C)(C)C)C(C)=O)cc2)cc1. The van der Waals surface area contributed by atoms with Gasteiger partial charge in [-0.15, -0.1) is 6.42 Å². The smallest absolute Gasteiger partial charge is 0.408 e. The van der Waals surface area contributed by atoms with Crippen LogP contribution in [0.15, 0.2) is 48.5 Å². The summed E-state index contributed by atoms with van der Waals surface area (Å²) in [4.78, 5) is 23.9. The first-order chi connectivity index (χ1) is 13.7. The first-order valence-corrected chi connectivity index (χ1v) is 9.34. The first-order valence-electron chi connectivity index (χ1n) is 9.34. The highest BCUT2D eigenvalue weighted by molar-refractivity contribution is 5.85. The molecule has 2 aromatic carbocycles. The molecule has 29 heavy (non-hydrogen) atoms. The summed E-state index contributed by atoms with van der Waals surface area (Å²) in [6.07, 6.45) is 5.13. The summed E-state index contributed by atoms with van der Waals surface area (Å²) < 4.78 is 5.23. The number of hydrogen-bond acceptors (Lipinski definition) is 3. The standard InChI is InChI=1S/C25H25NO3/c1-6-19-7-9-20(10-8-19)11-12-21-13-15-22(16-14-21)17-23(18(2)27)26-24(28)29-25(3,4)5/h1,7-10,13-16,23H,17H2,2-5H3,(H,26,28). The largest absolute Gasteiger partial charge is 0.444 e. The van der Waals surface area contributed by atoms with Gasteiger partial charge >= 0.3 is 6.09 Å². The van der Waals surface area contributed by atoms with Crippen molar-refractivity contribution in [3.63, 3.8) is 0 Å². The van der Waals surface area contributed by atoms with Crippen molar-refractivity contribution in [2.24, 2.45) is 0 Å². The van der Waals surface area contributed by atoms with E-state index < -0.39 is 17.7 Å². The van der Waals surface area contributed by atoms with Gasteiger partial charge in [0.25, 0.3) is 0 Å². The zero-order valence-electron chi connectivity index (χ0n) is 17.2. The lowest BCUT2D eigenvalue weighted by Crippen LogP contribution is -2.43. The fourth-order valence-electron chi connectivity index (χ4n) is 2.50. The molecule has 2 aromatic rings. The molecule has 1 atom stereocenters. The van der Waals surface area contributed by atoms with Gasteiger partial charge < -0.3 is 10.1 Å². The molecule has 148 valence electrons. The highest BCUT2D eigenvalue weighted by Crippen LogP contribution is 2.10. The molecule has 0 spiro atoms. The van der Waals surface area contributed by atoms with Gasteiger partial charge in [-0.2, -0.15) is 0 Å². The van der Waals surface area contributed by atoms with E-state index in [4.69, 9.17) is 11.2 Å². The maximum Gasteiger partial charge on any atom is 0.408 e. The molecule has 0 aliphatic heterocycles. The Morgan fingerprint density at radius 3 is 1.90 bits per heavy atom. The van der Waals surface area contributed by atoms with Gasteiger partial charge in [0.2, 0.25) is 0 Å². The number of amides is 1. The van der Waals surface area contributed by atoms with E-state index in [1.807, 2.05) is 48.5 Å². The molecule has 1 N–H and O–H groups in total. The van der Waals surface area contributed by atoms with Crippen LogP contribution in [-0.4, -0.2) is 23.5 Å². The van der Waals surface area contributed by atoms with Gasteiger partial charge in [-0.1, -0.05) is 29.9 Å². The van der Waals surface area contributed by atoms with Crippen molar-refractivity contribution in [1.82, 2.24) is 5.32 Å². The van der Waals surface area contributed by atoms with E-state index in [1.165, 1.54) is 6.92 Å². The van der Waals surface area contributed by atoms with Crippen LogP contribution in [0.25, 0.3) is 0 Å². The summed E-state index contributed by atoms with van der Waals surface area (Å²) in [5.74, 6) is 8.64. The van der Waals surface area contributed by atoms with Crippen LogP contribution in [0.2, 0.25) is 0 Å². The van der Waals surface area contributed by atoms with Crippen LogP contribution >= 0.6 is 0 Å². The molecule has 0 bridgehead atoms. The maximum atomic E-state index is 12.0. The van der Waals surface area contributed by atoms with E-state index in [1.54, 1.807) is 20.8 Å². The number of rotatable bonds is 4. The number of Topliss-reactive ketones (excluding diaryl/α,β-unsaturated/α-hetero) is 1. The molecule has 0 aliphatic rings. The zero-order valence-corrected chi connectivity index (χ0v) is 17.2. The summed E-state index contributed by atoms with van der Waals surface area (Å²) in [5.41, 5.74) is 2.86. The molecule has 0 aromatic heterocycles. The Balaban J connectivity index is 2.03. The Bertz CT molecular complexity index is 962. The fourth-order valence-corrected chi connectivity index (χ4v) is 2.50. The van der Waals surface area contributed by atoms with Crippen molar-refractivity contribution in [1.29, 1.82) is 0 Å². The topological polar surface area (TPSA) is 55.4 Å². The average molecular weight is 387 g/mol. The number of hydrogen-bond donors (Lipinski definition) is 1. The number of nitrogens with one attached hydrogen (secondary N) is 1. The number of ketones is 1. The minimum absolute atomic E-state index is 0.129. The van der Waals surface area contributed by atoms with E-state index in [0.717, 1.165) is 22.3 Å². The summed E-state index contributed by atoms with van der Waals surface area (Å²) >= 11 is 0. The maximum absolute atomic E-state index is 12.0.